The third-order valence-electron chi connectivity index (χ3n) is 16.3. The summed E-state index contributed by atoms with van der Waals surface area (Å²) in [6.45, 7) is 16.4. The third-order valence-corrected chi connectivity index (χ3v) is 16.3. The van der Waals surface area contributed by atoms with E-state index in [4.69, 9.17) is 9.84 Å². The van der Waals surface area contributed by atoms with Crippen LogP contribution in [0.3, 0.4) is 0 Å². The molecule has 5 fully saturated rings. The molecule has 7 heteroatoms. The molecule has 5 rings (SSSR count). The summed E-state index contributed by atoms with van der Waals surface area (Å²) in [5, 5.41) is 12.2. The van der Waals surface area contributed by atoms with E-state index in [-0.39, 0.29) is 63.7 Å². The molecule has 0 heterocycles. The zero-order valence-corrected chi connectivity index (χ0v) is 32.1. The predicted molar refractivity (Wildman–Crippen MR) is 193 cm³/mol. The van der Waals surface area contributed by atoms with Crippen molar-refractivity contribution in [3.05, 3.63) is 0 Å². The fourth-order valence-corrected chi connectivity index (χ4v) is 13.7. The molecule has 278 valence electrons. The Morgan fingerprint density at radius 3 is 1.98 bits per heavy atom. The van der Waals surface area contributed by atoms with Crippen LogP contribution < -0.4 is 5.32 Å². The lowest BCUT2D eigenvalue weighted by Gasteiger charge is -2.72. The third kappa shape index (κ3) is 6.76. The molecule has 0 aliphatic heterocycles. The number of carbonyl (C=O) groups excluding carboxylic acids is 3. The van der Waals surface area contributed by atoms with Crippen LogP contribution in [0.5, 0.6) is 0 Å². The molecule has 5 aliphatic rings. The van der Waals surface area contributed by atoms with Crippen LogP contribution in [0.2, 0.25) is 0 Å². The second-order valence-corrected chi connectivity index (χ2v) is 18.8. The van der Waals surface area contributed by atoms with E-state index in [0.717, 1.165) is 109 Å². The molecule has 5 aliphatic carbocycles. The zero-order valence-electron chi connectivity index (χ0n) is 32.1. The first-order valence-corrected chi connectivity index (χ1v) is 20.2. The zero-order chi connectivity index (χ0) is 35.8. The maximum Gasteiger partial charge on any atom is 0.303 e. The highest BCUT2D eigenvalue weighted by Gasteiger charge is 2.72. The Morgan fingerprint density at radius 2 is 1.35 bits per heavy atom. The highest BCUT2D eigenvalue weighted by Crippen LogP contribution is 2.77. The van der Waals surface area contributed by atoms with Gasteiger partial charge < -0.3 is 15.2 Å². The molecular weight excluding hydrogens is 614 g/mol. The van der Waals surface area contributed by atoms with Gasteiger partial charge in [0.2, 0.25) is 5.91 Å². The lowest BCUT2D eigenvalue weighted by molar-refractivity contribution is -0.249. The summed E-state index contributed by atoms with van der Waals surface area (Å²) in [7, 11) is 0. The van der Waals surface area contributed by atoms with Crippen molar-refractivity contribution in [2.75, 3.05) is 6.54 Å². The van der Waals surface area contributed by atoms with Crippen molar-refractivity contribution in [3.63, 3.8) is 0 Å². The largest absolute Gasteiger partial charge is 0.481 e. The average Bonchev–Trinajstić information content (AvgIpc) is 3.43. The molecule has 0 saturated heterocycles. The molecular formula is C42H69NO6. The fraction of sp³-hybridized carbons (Fsp3) is 0.905. The van der Waals surface area contributed by atoms with Gasteiger partial charge in [0.15, 0.2) is 0 Å². The Hall–Kier alpha value is -1.92. The number of ether oxygens (including phenoxy) is 1. The van der Waals surface area contributed by atoms with Gasteiger partial charge in [-0.15, -0.1) is 0 Å². The van der Waals surface area contributed by atoms with Crippen molar-refractivity contribution in [1.29, 1.82) is 0 Å². The van der Waals surface area contributed by atoms with Crippen molar-refractivity contribution in [2.45, 2.75) is 177 Å². The highest BCUT2D eigenvalue weighted by atomic mass is 16.5. The Balaban J connectivity index is 1.25. The van der Waals surface area contributed by atoms with Gasteiger partial charge in [0.25, 0.3) is 0 Å². The number of nitrogens with one attached hydrogen (secondary N) is 1. The summed E-state index contributed by atoms with van der Waals surface area (Å²) in [5.74, 6) is 1.21. The Kier molecular flexibility index (Phi) is 11.4. The molecule has 0 aromatic rings. The molecule has 0 bridgehead atoms. The van der Waals surface area contributed by atoms with E-state index < -0.39 is 11.4 Å². The second kappa shape index (κ2) is 14.6. The standard InChI is InChI=1S/C42H69NO6/c1-28(44)30-19-24-42(37(48)43-27-15-13-11-9-8-10-12-14-16-35(46)47)26-25-40(6)31(36(30)42)17-18-33-39(5)22-21-34(49-29(2)45)38(3,4)32(39)20-23-41(33,40)7/h30-34,36H,8-27H2,1-7H3,(H,43,48)(H,46,47)/t30-,31+,32-,33?,34-,36+,39-,40+,41+,42-/m0/s1. The number of carboxylic acids is 1. The number of carboxylic acid groups (broad SMARTS) is 1. The van der Waals surface area contributed by atoms with Crippen molar-refractivity contribution < 1.29 is 29.0 Å². The number of rotatable bonds is 14. The average molecular weight is 684 g/mol. The summed E-state index contributed by atoms with van der Waals surface area (Å²) < 4.78 is 5.93. The van der Waals surface area contributed by atoms with Gasteiger partial charge >= 0.3 is 11.9 Å². The van der Waals surface area contributed by atoms with Crippen LogP contribution in [0.25, 0.3) is 0 Å². The van der Waals surface area contributed by atoms with Crippen LogP contribution >= 0.6 is 0 Å². The summed E-state index contributed by atoms with van der Waals surface area (Å²) >= 11 is 0. The van der Waals surface area contributed by atoms with Crippen LogP contribution in [0.1, 0.15) is 170 Å². The van der Waals surface area contributed by atoms with Crippen LogP contribution in [0, 0.1) is 56.7 Å². The molecule has 0 spiro atoms. The fourth-order valence-electron chi connectivity index (χ4n) is 13.7. The number of amides is 1. The van der Waals surface area contributed by atoms with Crippen LogP contribution in [-0.4, -0.2) is 41.4 Å². The number of Topliss-reactive ketones (excluding diaryl/α,β-unsaturated/α-hetero) is 1. The first-order chi connectivity index (χ1) is 23.0. The monoisotopic (exact) mass is 684 g/mol. The number of hydrogen-bond acceptors (Lipinski definition) is 5. The first kappa shape index (κ1) is 38.3. The number of ketones is 1. The highest BCUT2D eigenvalue weighted by molar-refractivity contribution is 5.87. The van der Waals surface area contributed by atoms with Crippen molar-refractivity contribution >= 4 is 23.6 Å². The normalized spacial score (nSPS) is 40.6. The smallest absolute Gasteiger partial charge is 0.303 e. The maximum atomic E-state index is 14.3. The molecule has 49 heavy (non-hydrogen) atoms. The van der Waals surface area contributed by atoms with Crippen molar-refractivity contribution in [1.82, 2.24) is 5.32 Å². The van der Waals surface area contributed by atoms with Crippen LogP contribution in [0.15, 0.2) is 0 Å². The summed E-state index contributed by atoms with van der Waals surface area (Å²) in [5.41, 5.74) is -0.0742. The van der Waals surface area contributed by atoms with E-state index in [1.54, 1.807) is 13.8 Å². The summed E-state index contributed by atoms with van der Waals surface area (Å²) in [6.07, 6.45) is 18.9. The van der Waals surface area contributed by atoms with Gasteiger partial charge in [0, 0.05) is 31.2 Å². The van der Waals surface area contributed by atoms with Gasteiger partial charge in [0.05, 0.1) is 5.41 Å². The quantitative estimate of drug-likeness (QED) is 0.140. The van der Waals surface area contributed by atoms with Gasteiger partial charge in [-0.05, 0) is 124 Å². The minimum absolute atomic E-state index is 0.0175. The minimum Gasteiger partial charge on any atom is -0.481 e. The molecule has 5 saturated carbocycles. The van der Waals surface area contributed by atoms with Gasteiger partial charge in [-0.25, -0.2) is 0 Å². The Labute approximate surface area is 297 Å². The molecule has 0 aromatic heterocycles. The van der Waals surface area contributed by atoms with Gasteiger partial charge in [-0.1, -0.05) is 73.1 Å². The molecule has 0 aromatic carbocycles. The van der Waals surface area contributed by atoms with E-state index in [1.165, 1.54) is 6.42 Å². The number of hydrogen-bond donors (Lipinski definition) is 2. The number of fused-ring (bicyclic) bond motifs is 7. The topological polar surface area (TPSA) is 110 Å². The molecule has 1 amide bonds. The van der Waals surface area contributed by atoms with Crippen molar-refractivity contribution in [3.8, 4) is 0 Å². The second-order valence-electron chi connectivity index (χ2n) is 18.8. The number of esters is 1. The number of unbranched alkanes of at least 4 members (excludes halogenated alkanes) is 7. The van der Waals surface area contributed by atoms with Gasteiger partial charge in [0.1, 0.15) is 11.9 Å². The Bertz CT molecular complexity index is 1250. The lowest BCUT2D eigenvalue weighted by atomic mass is 9.32. The minimum atomic E-state index is -0.704. The molecule has 1 unspecified atom stereocenters. The summed E-state index contributed by atoms with van der Waals surface area (Å²) in [6, 6.07) is 0. The van der Waals surface area contributed by atoms with Crippen LogP contribution in [-0.2, 0) is 23.9 Å². The van der Waals surface area contributed by atoms with E-state index in [2.05, 4.69) is 39.9 Å². The van der Waals surface area contributed by atoms with Crippen molar-refractivity contribution in [2.24, 2.45) is 56.7 Å². The predicted octanol–water partition coefficient (Wildman–Crippen LogP) is 9.30. The molecule has 10 atom stereocenters. The maximum absolute atomic E-state index is 14.3. The van der Waals surface area contributed by atoms with E-state index in [0.29, 0.717) is 24.3 Å². The molecule has 0 radical (unpaired) electrons. The van der Waals surface area contributed by atoms with Gasteiger partial charge in [-0.2, -0.15) is 0 Å². The van der Waals surface area contributed by atoms with E-state index in [9.17, 15) is 19.2 Å². The molecule has 7 nitrogen and oxygen atoms in total. The van der Waals surface area contributed by atoms with Crippen LogP contribution in [0.4, 0.5) is 0 Å². The van der Waals surface area contributed by atoms with E-state index in [1.807, 2.05) is 0 Å². The van der Waals surface area contributed by atoms with E-state index >= 15 is 0 Å². The number of aliphatic carboxylic acids is 1. The Morgan fingerprint density at radius 1 is 0.694 bits per heavy atom. The number of carbonyl (C=O) groups is 4. The van der Waals surface area contributed by atoms with Gasteiger partial charge in [-0.3, -0.25) is 19.2 Å². The SMILES string of the molecule is CC(=O)O[C@H]1CC[C@]2(C)C3CC[C@@H]4[C@H]5[C@H](C(C)=O)CC[C@]5(C(=O)NCCCCCCCCCCC(=O)O)CC[C@@]4(C)[C@]3(C)CC[C@H]2C1(C)C. The summed E-state index contributed by atoms with van der Waals surface area (Å²) in [4.78, 5) is 50.3. The molecule has 2 N–H and O–H groups in total. The first-order valence-electron chi connectivity index (χ1n) is 20.2. The lowest BCUT2D eigenvalue weighted by Crippen LogP contribution is -2.67.